The highest BCUT2D eigenvalue weighted by atomic mass is 35.5. The maximum Gasteiger partial charge on any atom is 0.129 e. The highest BCUT2D eigenvalue weighted by Crippen LogP contribution is 2.25. The van der Waals surface area contributed by atoms with Crippen LogP contribution < -0.4 is 10.2 Å². The third-order valence-corrected chi connectivity index (χ3v) is 3.93. The Hall–Kier alpha value is -1.58. The third kappa shape index (κ3) is 3.96. The third-order valence-electron chi connectivity index (χ3n) is 3.68. The first kappa shape index (κ1) is 15.8. The second-order valence-electron chi connectivity index (χ2n) is 5.34. The fourth-order valence-corrected chi connectivity index (χ4v) is 2.50. The Balaban J connectivity index is 2.26. The van der Waals surface area contributed by atoms with E-state index in [1.165, 1.54) is 11.1 Å². The van der Waals surface area contributed by atoms with Gasteiger partial charge in [0, 0.05) is 24.3 Å². The van der Waals surface area contributed by atoms with E-state index in [1.807, 2.05) is 26.1 Å². The van der Waals surface area contributed by atoms with Crippen molar-refractivity contribution in [1.82, 2.24) is 10.3 Å². The van der Waals surface area contributed by atoms with Crippen molar-refractivity contribution < 1.29 is 0 Å². The molecule has 0 saturated heterocycles. The van der Waals surface area contributed by atoms with Crippen LogP contribution in [0.5, 0.6) is 0 Å². The number of aromatic nitrogens is 1. The van der Waals surface area contributed by atoms with Crippen molar-refractivity contribution in [2.24, 2.45) is 0 Å². The molecule has 4 heteroatoms. The first-order valence-electron chi connectivity index (χ1n) is 7.11. The predicted molar refractivity (Wildman–Crippen MR) is 90.0 cm³/mol. The SMILES string of the molecule is CNCc1cc(C)nc(N(C)C(C)c2ccc(Cl)cc2)c1. The molecule has 2 aromatic rings. The second kappa shape index (κ2) is 6.92. The molecule has 0 saturated carbocycles. The van der Waals surface area contributed by atoms with Gasteiger partial charge in [-0.2, -0.15) is 0 Å². The van der Waals surface area contributed by atoms with Gasteiger partial charge in [0.1, 0.15) is 5.82 Å². The highest BCUT2D eigenvalue weighted by molar-refractivity contribution is 6.30. The van der Waals surface area contributed by atoms with E-state index in [0.29, 0.717) is 0 Å². The Morgan fingerprint density at radius 3 is 2.52 bits per heavy atom. The molecule has 1 N–H and O–H groups in total. The lowest BCUT2D eigenvalue weighted by atomic mass is 10.1. The molecule has 1 aromatic carbocycles. The number of benzene rings is 1. The summed E-state index contributed by atoms with van der Waals surface area (Å²) < 4.78 is 0. The molecule has 0 radical (unpaired) electrons. The first-order valence-corrected chi connectivity index (χ1v) is 7.49. The van der Waals surface area contributed by atoms with E-state index in [1.54, 1.807) is 0 Å². The molecule has 0 aliphatic rings. The molecule has 0 aliphatic heterocycles. The van der Waals surface area contributed by atoms with Crippen LogP contribution >= 0.6 is 11.6 Å². The van der Waals surface area contributed by atoms with Crippen LogP contribution in [0.3, 0.4) is 0 Å². The molecule has 1 heterocycles. The van der Waals surface area contributed by atoms with Gasteiger partial charge in [-0.25, -0.2) is 4.98 Å². The van der Waals surface area contributed by atoms with Crippen LogP contribution in [0.15, 0.2) is 36.4 Å². The van der Waals surface area contributed by atoms with Crippen molar-refractivity contribution >= 4 is 17.4 Å². The summed E-state index contributed by atoms with van der Waals surface area (Å²) in [7, 11) is 4.03. The number of rotatable bonds is 5. The normalized spacial score (nSPS) is 12.2. The van der Waals surface area contributed by atoms with Crippen LogP contribution in [0.25, 0.3) is 0 Å². The highest BCUT2D eigenvalue weighted by Gasteiger charge is 2.14. The number of pyridine rings is 1. The molecule has 1 atom stereocenters. The first-order chi connectivity index (χ1) is 10.0. The Kier molecular flexibility index (Phi) is 5.21. The molecule has 1 unspecified atom stereocenters. The molecular formula is C17H22ClN3. The largest absolute Gasteiger partial charge is 0.353 e. The van der Waals surface area contributed by atoms with Gasteiger partial charge >= 0.3 is 0 Å². The molecule has 1 aromatic heterocycles. The number of nitrogens with one attached hydrogen (secondary N) is 1. The van der Waals surface area contributed by atoms with E-state index >= 15 is 0 Å². The Morgan fingerprint density at radius 1 is 1.24 bits per heavy atom. The van der Waals surface area contributed by atoms with E-state index in [2.05, 4.69) is 53.4 Å². The maximum atomic E-state index is 5.96. The van der Waals surface area contributed by atoms with Gasteiger partial charge in [-0.1, -0.05) is 23.7 Å². The summed E-state index contributed by atoms with van der Waals surface area (Å²) in [6.45, 7) is 5.05. The number of anilines is 1. The summed E-state index contributed by atoms with van der Waals surface area (Å²) in [5.74, 6) is 0.989. The summed E-state index contributed by atoms with van der Waals surface area (Å²) in [5, 5.41) is 3.95. The fourth-order valence-electron chi connectivity index (χ4n) is 2.37. The zero-order chi connectivity index (χ0) is 15.4. The average molecular weight is 304 g/mol. The molecule has 3 nitrogen and oxygen atoms in total. The van der Waals surface area contributed by atoms with Crippen LogP contribution in [0, 0.1) is 6.92 Å². The Morgan fingerprint density at radius 2 is 1.90 bits per heavy atom. The van der Waals surface area contributed by atoms with Crippen molar-refractivity contribution in [3.05, 3.63) is 58.2 Å². The molecule has 0 bridgehead atoms. The van der Waals surface area contributed by atoms with E-state index in [0.717, 1.165) is 23.1 Å². The van der Waals surface area contributed by atoms with Gasteiger partial charge in [0.05, 0.1) is 6.04 Å². The summed E-state index contributed by atoms with van der Waals surface area (Å²) in [6.07, 6.45) is 0. The quantitative estimate of drug-likeness (QED) is 0.906. The van der Waals surface area contributed by atoms with E-state index < -0.39 is 0 Å². The molecule has 0 amide bonds. The number of hydrogen-bond acceptors (Lipinski definition) is 3. The molecular weight excluding hydrogens is 282 g/mol. The lowest BCUT2D eigenvalue weighted by Crippen LogP contribution is -2.23. The van der Waals surface area contributed by atoms with Gasteiger partial charge in [-0.15, -0.1) is 0 Å². The smallest absolute Gasteiger partial charge is 0.129 e. The summed E-state index contributed by atoms with van der Waals surface area (Å²) in [4.78, 5) is 6.84. The summed E-state index contributed by atoms with van der Waals surface area (Å²) in [6, 6.07) is 12.5. The number of nitrogens with zero attached hydrogens (tertiary/aromatic N) is 2. The van der Waals surface area contributed by atoms with Crippen LogP contribution in [0.2, 0.25) is 5.02 Å². The number of aryl methyl sites for hydroxylation is 1. The fraction of sp³-hybridized carbons (Fsp3) is 0.353. The average Bonchev–Trinajstić information content (AvgIpc) is 2.46. The van der Waals surface area contributed by atoms with Crippen molar-refractivity contribution in [3.63, 3.8) is 0 Å². The predicted octanol–water partition coefficient (Wildman–Crippen LogP) is 3.96. The second-order valence-corrected chi connectivity index (χ2v) is 5.78. The van der Waals surface area contributed by atoms with Crippen LogP contribution in [-0.4, -0.2) is 19.1 Å². The van der Waals surface area contributed by atoms with Crippen molar-refractivity contribution in [2.75, 3.05) is 19.0 Å². The monoisotopic (exact) mass is 303 g/mol. The Labute approximate surface area is 132 Å². The number of halogens is 1. The minimum Gasteiger partial charge on any atom is -0.353 e. The van der Waals surface area contributed by atoms with Crippen molar-refractivity contribution in [2.45, 2.75) is 26.4 Å². The van der Waals surface area contributed by atoms with Crippen LogP contribution in [-0.2, 0) is 6.54 Å². The topological polar surface area (TPSA) is 28.2 Å². The van der Waals surface area contributed by atoms with Crippen LogP contribution in [0.1, 0.15) is 29.8 Å². The summed E-state index contributed by atoms with van der Waals surface area (Å²) in [5.41, 5.74) is 3.50. The number of hydrogen-bond donors (Lipinski definition) is 1. The summed E-state index contributed by atoms with van der Waals surface area (Å²) >= 11 is 5.96. The molecule has 21 heavy (non-hydrogen) atoms. The molecule has 112 valence electrons. The van der Waals surface area contributed by atoms with Crippen molar-refractivity contribution in [1.29, 1.82) is 0 Å². The van der Waals surface area contributed by atoms with E-state index in [4.69, 9.17) is 11.6 Å². The van der Waals surface area contributed by atoms with Gasteiger partial charge in [0.15, 0.2) is 0 Å². The molecule has 2 rings (SSSR count). The van der Waals surface area contributed by atoms with Gasteiger partial charge < -0.3 is 10.2 Å². The van der Waals surface area contributed by atoms with Gasteiger partial charge in [-0.05, 0) is 56.3 Å². The van der Waals surface area contributed by atoms with Crippen LogP contribution in [0.4, 0.5) is 5.82 Å². The Bertz CT molecular complexity index is 595. The molecule has 0 aliphatic carbocycles. The lowest BCUT2D eigenvalue weighted by molar-refractivity contribution is 0.724. The standard InChI is InChI=1S/C17H22ClN3/c1-12-9-14(11-19-3)10-17(20-12)21(4)13(2)15-5-7-16(18)8-6-15/h5-10,13,19H,11H2,1-4H3. The minimum atomic E-state index is 0.235. The van der Waals surface area contributed by atoms with Gasteiger partial charge in [0.25, 0.3) is 0 Å². The minimum absolute atomic E-state index is 0.235. The zero-order valence-electron chi connectivity index (χ0n) is 13.0. The van der Waals surface area contributed by atoms with E-state index in [9.17, 15) is 0 Å². The lowest BCUT2D eigenvalue weighted by Gasteiger charge is -2.27. The van der Waals surface area contributed by atoms with Gasteiger partial charge in [0.2, 0.25) is 0 Å². The van der Waals surface area contributed by atoms with E-state index in [-0.39, 0.29) is 6.04 Å². The zero-order valence-corrected chi connectivity index (χ0v) is 13.8. The maximum absolute atomic E-state index is 5.96. The van der Waals surface area contributed by atoms with Gasteiger partial charge in [-0.3, -0.25) is 0 Å². The molecule has 0 spiro atoms. The van der Waals surface area contributed by atoms with Crippen molar-refractivity contribution in [3.8, 4) is 0 Å². The molecule has 0 fully saturated rings.